The molecule has 8 nitrogen and oxygen atoms in total. The molecule has 37 heavy (non-hydrogen) atoms. The molecule has 1 heterocycles. The average molecular weight is 529 g/mol. The number of phenols is 1. The van der Waals surface area contributed by atoms with Crippen molar-refractivity contribution in [3.05, 3.63) is 76.4 Å². The second-order valence-corrected chi connectivity index (χ2v) is 8.09. The third-order valence-electron chi connectivity index (χ3n) is 4.98. The molecule has 0 aliphatic heterocycles. The lowest BCUT2D eigenvalue weighted by Crippen LogP contribution is -2.14. The molecular weight excluding hydrogens is 505 g/mol. The number of carboxylic acid groups (broad SMARTS) is 1. The number of nitrogens with two attached hydrogens (primary N) is 1. The highest BCUT2D eigenvalue weighted by molar-refractivity contribution is 6.00. The van der Waals surface area contributed by atoms with Gasteiger partial charge >= 0.3 is 12.1 Å². The predicted molar refractivity (Wildman–Crippen MR) is 121 cm³/mol. The molecule has 0 saturated carbocycles. The van der Waals surface area contributed by atoms with Gasteiger partial charge in [0.05, 0.1) is 11.9 Å². The maximum absolute atomic E-state index is 14.0. The van der Waals surface area contributed by atoms with Crippen LogP contribution in [0.4, 0.5) is 22.0 Å². The van der Waals surface area contributed by atoms with E-state index in [1.807, 2.05) is 0 Å². The summed E-state index contributed by atoms with van der Waals surface area (Å²) in [6, 6.07) is 4.20. The fraction of sp³-hybridized carbons (Fsp3) is 0.292. The number of Topliss-reactive ketones (excluding diaryl/α,β-unsaturated/α-hetero) is 1. The molecule has 0 aliphatic carbocycles. The van der Waals surface area contributed by atoms with E-state index in [0.29, 0.717) is 0 Å². The number of alkyl halides is 3. The van der Waals surface area contributed by atoms with Gasteiger partial charge in [0.15, 0.2) is 23.1 Å². The lowest BCUT2D eigenvalue weighted by Gasteiger charge is -2.18. The van der Waals surface area contributed by atoms with Crippen molar-refractivity contribution in [2.75, 3.05) is 0 Å². The first kappa shape index (κ1) is 29.2. The quantitative estimate of drug-likeness (QED) is 0.299. The second-order valence-electron chi connectivity index (χ2n) is 8.09. The van der Waals surface area contributed by atoms with Crippen molar-refractivity contribution >= 4 is 11.8 Å². The van der Waals surface area contributed by atoms with Crippen LogP contribution in [0.2, 0.25) is 0 Å². The summed E-state index contributed by atoms with van der Waals surface area (Å²) < 4.78 is 74.6. The molecule has 200 valence electrons. The Bertz CT molecular complexity index is 1290. The summed E-state index contributed by atoms with van der Waals surface area (Å²) in [6.45, 7) is 1.97. The minimum atomic E-state index is -5.04. The molecule has 13 heteroatoms. The molecule has 0 saturated heterocycles. The Kier molecular flexibility index (Phi) is 9.34. The molecule has 0 bridgehead atoms. The van der Waals surface area contributed by atoms with Gasteiger partial charge in [-0.15, -0.1) is 0 Å². The van der Waals surface area contributed by atoms with Gasteiger partial charge in [-0.25, -0.2) is 18.6 Å². The third-order valence-corrected chi connectivity index (χ3v) is 4.98. The smallest absolute Gasteiger partial charge is 0.423 e. The first-order chi connectivity index (χ1) is 17.2. The van der Waals surface area contributed by atoms with E-state index in [9.17, 15) is 36.6 Å². The summed E-state index contributed by atoms with van der Waals surface area (Å²) in [6.07, 6.45) is -2.15. The largest absolute Gasteiger partial charge is 0.506 e. The van der Waals surface area contributed by atoms with Gasteiger partial charge in [0.25, 0.3) is 0 Å². The number of aromatic nitrogens is 2. The molecule has 3 aromatic rings. The number of ketones is 1. The number of carboxylic acids is 1. The standard InChI is InChI=1S/C19H18F5NO3.C5H6N2O2/c1-9(2)17(26)12-5-6-13(14(18(12)27)19(22,23)24)28-8-11-4-3-10(7-25)15(20)16(11)21;1-7-2-4(5(8)9)6-3-7/h3-6,9,27H,7-8,25H2,1-2H3;2-3H,1H3,(H,8,9). The number of aryl methyl sites for hydroxylation is 1. The van der Waals surface area contributed by atoms with Crippen molar-refractivity contribution in [1.82, 2.24) is 9.55 Å². The Labute approximate surface area is 208 Å². The fourth-order valence-electron chi connectivity index (χ4n) is 3.05. The van der Waals surface area contributed by atoms with Crippen LogP contribution in [-0.4, -0.2) is 31.5 Å². The van der Waals surface area contributed by atoms with Crippen molar-refractivity contribution < 1.29 is 46.5 Å². The molecule has 1 aromatic heterocycles. The molecule has 0 unspecified atom stereocenters. The van der Waals surface area contributed by atoms with Crippen LogP contribution >= 0.6 is 0 Å². The fourth-order valence-corrected chi connectivity index (χ4v) is 3.05. The van der Waals surface area contributed by atoms with E-state index in [4.69, 9.17) is 15.6 Å². The Morgan fingerprint density at radius 1 is 1.11 bits per heavy atom. The summed E-state index contributed by atoms with van der Waals surface area (Å²) in [4.78, 5) is 25.7. The van der Waals surface area contributed by atoms with Gasteiger partial charge in [0.2, 0.25) is 0 Å². The molecule has 0 atom stereocenters. The topological polar surface area (TPSA) is 128 Å². The molecule has 4 N–H and O–H groups in total. The number of phenolic OH excluding ortho intramolecular Hbond substituents is 1. The number of benzene rings is 2. The number of carbonyl (C=O) groups is 2. The lowest BCUT2D eigenvalue weighted by molar-refractivity contribution is -0.140. The number of rotatable bonds is 7. The van der Waals surface area contributed by atoms with Gasteiger partial charge in [0.1, 0.15) is 23.7 Å². The number of aromatic carboxylic acids is 1. The molecule has 0 radical (unpaired) electrons. The Morgan fingerprint density at radius 3 is 2.16 bits per heavy atom. The molecule has 0 amide bonds. The first-order valence-electron chi connectivity index (χ1n) is 10.7. The van der Waals surface area contributed by atoms with Crippen molar-refractivity contribution in [2.45, 2.75) is 33.2 Å². The molecule has 0 aliphatic rings. The van der Waals surface area contributed by atoms with E-state index >= 15 is 0 Å². The minimum Gasteiger partial charge on any atom is -0.506 e. The first-order valence-corrected chi connectivity index (χ1v) is 10.7. The molecular formula is C24H24F5N3O5. The van der Waals surface area contributed by atoms with E-state index in [1.165, 1.54) is 32.4 Å². The number of carbonyl (C=O) groups excluding carboxylic acids is 1. The highest BCUT2D eigenvalue weighted by atomic mass is 19.4. The Hall–Kier alpha value is -4.00. The van der Waals surface area contributed by atoms with Crippen LogP contribution in [0.1, 0.15) is 51.4 Å². The summed E-state index contributed by atoms with van der Waals surface area (Å²) in [5.41, 5.74) is 2.86. The monoisotopic (exact) mass is 529 g/mol. The van der Waals surface area contributed by atoms with Gasteiger partial charge < -0.3 is 25.3 Å². The third kappa shape index (κ3) is 7.03. The zero-order chi connectivity index (χ0) is 28.1. The normalized spacial score (nSPS) is 11.2. The van der Waals surface area contributed by atoms with Gasteiger partial charge in [0, 0.05) is 36.8 Å². The van der Waals surface area contributed by atoms with E-state index in [-0.39, 0.29) is 23.4 Å². The van der Waals surface area contributed by atoms with Crippen LogP contribution < -0.4 is 10.5 Å². The van der Waals surface area contributed by atoms with E-state index < -0.39 is 64.7 Å². The van der Waals surface area contributed by atoms with E-state index in [2.05, 4.69) is 4.98 Å². The van der Waals surface area contributed by atoms with Crippen molar-refractivity contribution in [2.24, 2.45) is 18.7 Å². The number of hydrogen-bond donors (Lipinski definition) is 3. The van der Waals surface area contributed by atoms with Crippen LogP contribution in [-0.2, 0) is 26.4 Å². The number of hydrogen-bond acceptors (Lipinski definition) is 6. The van der Waals surface area contributed by atoms with Crippen LogP contribution in [0.5, 0.6) is 11.5 Å². The Morgan fingerprint density at radius 2 is 1.70 bits per heavy atom. The van der Waals surface area contributed by atoms with Crippen LogP contribution in [0.3, 0.4) is 0 Å². The predicted octanol–water partition coefficient (Wildman–Crippen LogP) is 4.68. The molecule has 2 aromatic carbocycles. The highest BCUT2D eigenvalue weighted by Gasteiger charge is 2.40. The SMILES string of the molecule is CC(C)C(=O)c1ccc(OCc2ccc(CN)c(F)c2F)c(C(F)(F)F)c1O.Cn1cnc(C(=O)O)c1. The van der Waals surface area contributed by atoms with Crippen LogP contribution in [0.15, 0.2) is 36.8 Å². The molecule has 0 fully saturated rings. The number of aromatic hydroxyl groups is 1. The van der Waals surface area contributed by atoms with Crippen molar-refractivity contribution in [3.8, 4) is 11.5 Å². The number of imidazole rings is 1. The van der Waals surface area contributed by atoms with Crippen molar-refractivity contribution in [1.29, 1.82) is 0 Å². The van der Waals surface area contributed by atoms with E-state index in [0.717, 1.165) is 18.2 Å². The van der Waals surface area contributed by atoms with Gasteiger partial charge in [-0.05, 0) is 12.1 Å². The number of ether oxygens (including phenoxy) is 1. The van der Waals surface area contributed by atoms with Crippen LogP contribution in [0.25, 0.3) is 0 Å². The van der Waals surface area contributed by atoms with Crippen LogP contribution in [0, 0.1) is 17.6 Å². The number of nitrogens with zero attached hydrogens (tertiary/aromatic N) is 2. The number of halogens is 5. The van der Waals surface area contributed by atoms with Gasteiger partial charge in [-0.1, -0.05) is 26.0 Å². The average Bonchev–Trinajstić information content (AvgIpc) is 3.26. The summed E-state index contributed by atoms with van der Waals surface area (Å²) in [5, 5.41) is 18.3. The van der Waals surface area contributed by atoms with Gasteiger partial charge in [-0.2, -0.15) is 13.2 Å². The van der Waals surface area contributed by atoms with Gasteiger partial charge in [-0.3, -0.25) is 4.79 Å². The maximum atomic E-state index is 14.0. The molecule has 0 spiro atoms. The Balaban J connectivity index is 0.000000449. The van der Waals surface area contributed by atoms with E-state index in [1.54, 1.807) is 11.6 Å². The lowest BCUT2D eigenvalue weighted by atomic mass is 9.97. The molecule has 3 rings (SSSR count). The second kappa shape index (κ2) is 11.8. The summed E-state index contributed by atoms with van der Waals surface area (Å²) in [5.74, 6) is -6.89. The maximum Gasteiger partial charge on any atom is 0.423 e. The van der Waals surface area contributed by atoms with Crippen molar-refractivity contribution in [3.63, 3.8) is 0 Å². The zero-order valence-electron chi connectivity index (χ0n) is 19.9. The zero-order valence-corrected chi connectivity index (χ0v) is 19.9. The highest BCUT2D eigenvalue weighted by Crippen LogP contribution is 2.44. The minimum absolute atomic E-state index is 0.0810. The summed E-state index contributed by atoms with van der Waals surface area (Å²) >= 11 is 0. The summed E-state index contributed by atoms with van der Waals surface area (Å²) in [7, 11) is 1.72.